The second kappa shape index (κ2) is 9.35. The second-order valence-electron chi connectivity index (χ2n) is 7.28. The van der Waals surface area contributed by atoms with Crippen LogP contribution in [-0.4, -0.2) is 41.2 Å². The van der Waals surface area contributed by atoms with E-state index in [2.05, 4.69) is 5.43 Å². The molecule has 0 spiro atoms. The fourth-order valence-electron chi connectivity index (χ4n) is 3.21. The molecule has 2 aromatic carbocycles. The van der Waals surface area contributed by atoms with Gasteiger partial charge in [-0.05, 0) is 25.5 Å². The van der Waals surface area contributed by atoms with Gasteiger partial charge in [0.15, 0.2) is 6.10 Å². The van der Waals surface area contributed by atoms with Gasteiger partial charge in [-0.1, -0.05) is 55.0 Å². The van der Waals surface area contributed by atoms with E-state index in [9.17, 15) is 19.2 Å². The number of aryl methyl sites for hydroxylation is 1. The predicted octanol–water partition coefficient (Wildman–Crippen LogP) is 2.69. The average Bonchev–Trinajstić information content (AvgIpc) is 3.12. The summed E-state index contributed by atoms with van der Waals surface area (Å²) in [6.07, 6.45) is -0.664. The van der Waals surface area contributed by atoms with Crippen LogP contribution < -0.4 is 5.43 Å². The van der Waals surface area contributed by atoms with Gasteiger partial charge in [0.05, 0.1) is 12.5 Å². The maximum Gasteiger partial charge on any atom is 0.312 e. The number of Topliss-reactive ketones (excluding diaryl/α,β-unsaturated/α-hetero) is 1. The summed E-state index contributed by atoms with van der Waals surface area (Å²) in [5.41, 5.74) is 4.43. The van der Waals surface area contributed by atoms with E-state index in [-0.39, 0.29) is 24.7 Å². The molecule has 156 valence electrons. The summed E-state index contributed by atoms with van der Waals surface area (Å²) < 4.78 is 5.42. The Labute approximate surface area is 175 Å². The van der Waals surface area contributed by atoms with Crippen LogP contribution in [0.1, 0.15) is 46.0 Å². The number of hydrogen-bond donors (Lipinski definition) is 1. The van der Waals surface area contributed by atoms with Crippen LogP contribution in [0.5, 0.6) is 0 Å². The first-order valence-corrected chi connectivity index (χ1v) is 9.86. The molecule has 2 aromatic rings. The van der Waals surface area contributed by atoms with Gasteiger partial charge in [0.25, 0.3) is 5.91 Å². The number of benzene rings is 2. The first kappa shape index (κ1) is 21.2. The molecule has 7 heteroatoms. The molecule has 3 rings (SSSR count). The van der Waals surface area contributed by atoms with E-state index in [4.69, 9.17) is 4.74 Å². The summed E-state index contributed by atoms with van der Waals surface area (Å²) in [6.45, 7) is 3.67. The smallest absolute Gasteiger partial charge is 0.312 e. The summed E-state index contributed by atoms with van der Waals surface area (Å²) in [5, 5.41) is 1.13. The van der Waals surface area contributed by atoms with Crippen LogP contribution in [0.3, 0.4) is 0 Å². The fourth-order valence-corrected chi connectivity index (χ4v) is 3.21. The zero-order valence-electron chi connectivity index (χ0n) is 17.0. The zero-order valence-corrected chi connectivity index (χ0v) is 17.0. The minimum Gasteiger partial charge on any atom is -0.454 e. The second-order valence-corrected chi connectivity index (χ2v) is 7.28. The molecule has 0 aromatic heterocycles. The maximum atomic E-state index is 12.6. The van der Waals surface area contributed by atoms with Gasteiger partial charge in [-0.15, -0.1) is 0 Å². The van der Waals surface area contributed by atoms with Crippen LogP contribution in [0.2, 0.25) is 0 Å². The lowest BCUT2D eigenvalue weighted by molar-refractivity contribution is -0.151. The molecule has 2 atom stereocenters. The van der Waals surface area contributed by atoms with Gasteiger partial charge in [0, 0.05) is 17.5 Å². The molecule has 1 saturated heterocycles. The number of nitrogens with zero attached hydrogens (tertiary/aromatic N) is 1. The van der Waals surface area contributed by atoms with E-state index in [1.807, 2.05) is 6.92 Å². The third kappa shape index (κ3) is 4.92. The van der Waals surface area contributed by atoms with Crippen molar-refractivity contribution in [3.05, 3.63) is 71.3 Å². The minimum atomic E-state index is -0.911. The zero-order chi connectivity index (χ0) is 21.7. The highest BCUT2D eigenvalue weighted by atomic mass is 16.5. The Morgan fingerprint density at radius 3 is 2.37 bits per heavy atom. The van der Waals surface area contributed by atoms with Crippen LogP contribution in [0.15, 0.2) is 54.6 Å². The van der Waals surface area contributed by atoms with Gasteiger partial charge < -0.3 is 4.74 Å². The maximum absolute atomic E-state index is 12.6. The van der Waals surface area contributed by atoms with Crippen molar-refractivity contribution in [1.29, 1.82) is 0 Å². The quantitative estimate of drug-likeness (QED) is 0.562. The van der Waals surface area contributed by atoms with Crippen LogP contribution in [0, 0.1) is 12.8 Å². The molecule has 1 aliphatic rings. The van der Waals surface area contributed by atoms with E-state index >= 15 is 0 Å². The van der Waals surface area contributed by atoms with E-state index in [0.717, 1.165) is 10.6 Å². The molecule has 0 unspecified atom stereocenters. The monoisotopic (exact) mass is 408 g/mol. The molecular formula is C23H24N2O5. The molecule has 7 nitrogen and oxygen atoms in total. The summed E-state index contributed by atoms with van der Waals surface area (Å²) in [4.78, 5) is 49.7. The van der Waals surface area contributed by atoms with E-state index in [0.29, 0.717) is 17.5 Å². The minimum absolute atomic E-state index is 0.00519. The van der Waals surface area contributed by atoms with Gasteiger partial charge in [-0.3, -0.25) is 29.6 Å². The fraction of sp³-hybridized carbons (Fsp3) is 0.304. The number of esters is 1. The van der Waals surface area contributed by atoms with Gasteiger partial charge in [0.2, 0.25) is 11.7 Å². The van der Waals surface area contributed by atoms with Crippen molar-refractivity contribution >= 4 is 23.6 Å². The number of rotatable bonds is 7. The standard InChI is InChI=1S/C23H24N2O5/c1-3-19(21(27)16-7-5-4-6-8-16)30-23(29)18-13-20(26)25(14-18)24-22(28)17-11-9-15(2)10-12-17/h4-12,18-19H,3,13-14H2,1-2H3,(H,24,28)/t18-,19+/m1/s1. The Bertz CT molecular complexity index is 940. The lowest BCUT2D eigenvalue weighted by atomic mass is 10.0. The van der Waals surface area contributed by atoms with Crippen LogP contribution in [-0.2, 0) is 14.3 Å². The van der Waals surface area contributed by atoms with Crippen molar-refractivity contribution in [2.45, 2.75) is 32.8 Å². The van der Waals surface area contributed by atoms with Crippen molar-refractivity contribution < 1.29 is 23.9 Å². The van der Waals surface area contributed by atoms with E-state index in [1.165, 1.54) is 0 Å². The first-order valence-electron chi connectivity index (χ1n) is 9.86. The van der Waals surface area contributed by atoms with Crippen molar-refractivity contribution in [3.8, 4) is 0 Å². The predicted molar refractivity (Wildman–Crippen MR) is 109 cm³/mol. The highest BCUT2D eigenvalue weighted by molar-refractivity contribution is 6.01. The Morgan fingerprint density at radius 1 is 1.07 bits per heavy atom. The first-order chi connectivity index (χ1) is 14.4. The van der Waals surface area contributed by atoms with Gasteiger partial charge >= 0.3 is 5.97 Å². The van der Waals surface area contributed by atoms with Crippen molar-refractivity contribution in [1.82, 2.24) is 10.4 Å². The van der Waals surface area contributed by atoms with E-state index < -0.39 is 23.9 Å². The molecule has 0 aliphatic carbocycles. The third-order valence-corrected chi connectivity index (χ3v) is 4.99. The molecular weight excluding hydrogens is 384 g/mol. The molecule has 0 bridgehead atoms. The number of hydrazine groups is 1. The topological polar surface area (TPSA) is 92.8 Å². The largest absolute Gasteiger partial charge is 0.454 e. The van der Waals surface area contributed by atoms with Crippen LogP contribution >= 0.6 is 0 Å². The number of nitrogens with one attached hydrogen (secondary N) is 1. The molecule has 1 N–H and O–H groups in total. The number of carbonyl (C=O) groups excluding carboxylic acids is 4. The Kier molecular flexibility index (Phi) is 6.61. The average molecular weight is 408 g/mol. The lowest BCUT2D eigenvalue weighted by Gasteiger charge is -2.19. The molecule has 1 heterocycles. The van der Waals surface area contributed by atoms with Crippen LogP contribution in [0.4, 0.5) is 0 Å². The Morgan fingerprint density at radius 2 is 1.73 bits per heavy atom. The lowest BCUT2D eigenvalue weighted by Crippen LogP contribution is -2.43. The number of hydrogen-bond acceptors (Lipinski definition) is 5. The molecule has 1 aliphatic heterocycles. The molecule has 2 amide bonds. The molecule has 30 heavy (non-hydrogen) atoms. The number of ether oxygens (including phenoxy) is 1. The summed E-state index contributed by atoms with van der Waals surface area (Å²) >= 11 is 0. The molecule has 0 radical (unpaired) electrons. The number of ketones is 1. The Hall–Kier alpha value is -3.48. The highest BCUT2D eigenvalue weighted by Crippen LogP contribution is 2.20. The normalized spacial score (nSPS) is 16.8. The van der Waals surface area contributed by atoms with Crippen molar-refractivity contribution in [2.24, 2.45) is 5.92 Å². The van der Waals surface area contributed by atoms with Gasteiger partial charge in [-0.25, -0.2) is 0 Å². The van der Waals surface area contributed by atoms with Gasteiger partial charge in [-0.2, -0.15) is 0 Å². The van der Waals surface area contributed by atoms with E-state index in [1.54, 1.807) is 61.5 Å². The number of carbonyl (C=O) groups is 4. The number of amides is 2. The Balaban J connectivity index is 1.59. The summed E-state index contributed by atoms with van der Waals surface area (Å²) in [5.74, 6) is -2.44. The summed E-state index contributed by atoms with van der Waals surface area (Å²) in [7, 11) is 0. The van der Waals surface area contributed by atoms with Crippen molar-refractivity contribution in [2.75, 3.05) is 6.54 Å². The SMILES string of the molecule is CC[C@H](OC(=O)[C@@H]1CC(=O)N(NC(=O)c2ccc(C)cc2)C1)C(=O)c1ccccc1. The van der Waals surface area contributed by atoms with Gasteiger partial charge in [0.1, 0.15) is 0 Å². The molecule has 1 fully saturated rings. The molecule has 0 saturated carbocycles. The summed E-state index contributed by atoms with van der Waals surface area (Å²) in [6, 6.07) is 15.5. The van der Waals surface area contributed by atoms with Crippen LogP contribution in [0.25, 0.3) is 0 Å². The third-order valence-electron chi connectivity index (χ3n) is 4.99. The highest BCUT2D eigenvalue weighted by Gasteiger charge is 2.38. The van der Waals surface area contributed by atoms with Crippen molar-refractivity contribution in [3.63, 3.8) is 0 Å².